The van der Waals surface area contributed by atoms with Crippen LogP contribution in [0.5, 0.6) is 0 Å². The van der Waals surface area contributed by atoms with Crippen LogP contribution in [0, 0.1) is 5.41 Å². The van der Waals surface area contributed by atoms with Crippen molar-refractivity contribution in [1.82, 2.24) is 9.88 Å². The average molecular weight is 331 g/mol. The third kappa shape index (κ3) is 4.58. The zero-order chi connectivity index (χ0) is 17.7. The predicted molar refractivity (Wildman–Crippen MR) is 94.7 cm³/mol. The maximum absolute atomic E-state index is 11.9. The van der Waals surface area contributed by atoms with Gasteiger partial charge in [-0.2, -0.15) is 0 Å². The molecule has 0 saturated carbocycles. The third-order valence-electron chi connectivity index (χ3n) is 4.10. The van der Waals surface area contributed by atoms with E-state index in [2.05, 4.69) is 10.6 Å². The number of rotatable bonds is 6. The van der Waals surface area contributed by atoms with Crippen LogP contribution >= 0.6 is 0 Å². The van der Waals surface area contributed by atoms with Gasteiger partial charge in [-0.3, -0.25) is 9.59 Å². The van der Waals surface area contributed by atoms with Gasteiger partial charge >= 0.3 is 11.8 Å². The summed E-state index contributed by atoms with van der Waals surface area (Å²) < 4.78 is 1.95. The fraction of sp³-hybridized carbons (Fsp3) is 0.444. The summed E-state index contributed by atoms with van der Waals surface area (Å²) in [7, 11) is 1.93. The molecular formula is C18H25N3O3. The Morgan fingerprint density at radius 1 is 1.21 bits per heavy atom. The SMILES string of the molecule is Cn1ccc2ccc(NC(=O)C(=O)NCCCC(C)(C)CO)cc21. The average Bonchev–Trinajstić information content (AvgIpc) is 2.92. The van der Waals surface area contributed by atoms with Gasteiger partial charge in [0.05, 0.1) is 0 Å². The maximum Gasteiger partial charge on any atom is 0.313 e. The van der Waals surface area contributed by atoms with Crippen molar-refractivity contribution in [2.45, 2.75) is 26.7 Å². The molecule has 0 atom stereocenters. The van der Waals surface area contributed by atoms with E-state index >= 15 is 0 Å². The fourth-order valence-corrected chi connectivity index (χ4v) is 2.46. The largest absolute Gasteiger partial charge is 0.396 e. The van der Waals surface area contributed by atoms with Gasteiger partial charge in [0.1, 0.15) is 0 Å². The molecule has 1 heterocycles. The van der Waals surface area contributed by atoms with E-state index in [-0.39, 0.29) is 12.0 Å². The van der Waals surface area contributed by atoms with E-state index in [4.69, 9.17) is 0 Å². The summed E-state index contributed by atoms with van der Waals surface area (Å²) in [5.74, 6) is -1.33. The van der Waals surface area contributed by atoms with Crippen LogP contribution < -0.4 is 10.6 Å². The topological polar surface area (TPSA) is 83.4 Å². The summed E-state index contributed by atoms with van der Waals surface area (Å²) >= 11 is 0. The molecule has 0 bridgehead atoms. The summed E-state index contributed by atoms with van der Waals surface area (Å²) in [4.78, 5) is 23.8. The highest BCUT2D eigenvalue weighted by Crippen LogP contribution is 2.21. The molecule has 0 spiro atoms. The Morgan fingerprint density at radius 2 is 1.96 bits per heavy atom. The smallest absolute Gasteiger partial charge is 0.313 e. The first-order valence-corrected chi connectivity index (χ1v) is 8.07. The van der Waals surface area contributed by atoms with E-state index in [1.165, 1.54) is 0 Å². The zero-order valence-corrected chi connectivity index (χ0v) is 14.4. The molecule has 0 aliphatic rings. The van der Waals surface area contributed by atoms with Crippen molar-refractivity contribution >= 4 is 28.4 Å². The third-order valence-corrected chi connectivity index (χ3v) is 4.10. The Kier molecular flexibility index (Phi) is 5.62. The van der Waals surface area contributed by atoms with Crippen molar-refractivity contribution < 1.29 is 14.7 Å². The highest BCUT2D eigenvalue weighted by molar-refractivity contribution is 6.39. The molecule has 3 N–H and O–H groups in total. The molecule has 24 heavy (non-hydrogen) atoms. The standard InChI is InChI=1S/C18H25N3O3/c1-18(2,12-22)8-4-9-19-16(23)17(24)20-14-6-5-13-7-10-21(3)15(13)11-14/h5-7,10-11,22H,4,8-9,12H2,1-3H3,(H,19,23)(H,20,24). The number of aromatic nitrogens is 1. The molecule has 1 aromatic heterocycles. The summed E-state index contributed by atoms with van der Waals surface area (Å²) in [6.45, 7) is 4.43. The minimum Gasteiger partial charge on any atom is -0.396 e. The van der Waals surface area contributed by atoms with E-state index < -0.39 is 11.8 Å². The lowest BCUT2D eigenvalue weighted by atomic mass is 9.89. The Morgan fingerprint density at radius 3 is 2.67 bits per heavy atom. The highest BCUT2D eigenvalue weighted by Gasteiger charge is 2.17. The summed E-state index contributed by atoms with van der Waals surface area (Å²) in [6, 6.07) is 7.50. The monoisotopic (exact) mass is 331 g/mol. The number of hydrogen-bond acceptors (Lipinski definition) is 3. The van der Waals surface area contributed by atoms with Gasteiger partial charge in [-0.1, -0.05) is 19.9 Å². The molecule has 1 aromatic carbocycles. The van der Waals surface area contributed by atoms with E-state index in [0.29, 0.717) is 18.7 Å². The molecule has 0 aliphatic heterocycles. The molecular weight excluding hydrogens is 306 g/mol. The van der Waals surface area contributed by atoms with Crippen LogP contribution in [0.4, 0.5) is 5.69 Å². The van der Waals surface area contributed by atoms with Crippen molar-refractivity contribution in [3.8, 4) is 0 Å². The van der Waals surface area contributed by atoms with Crippen molar-refractivity contribution in [2.24, 2.45) is 12.5 Å². The number of aliphatic hydroxyl groups excluding tert-OH is 1. The van der Waals surface area contributed by atoms with Gasteiger partial charge in [0.2, 0.25) is 0 Å². The summed E-state index contributed by atoms with van der Waals surface area (Å²) in [6.07, 6.45) is 3.42. The quantitative estimate of drug-likeness (QED) is 0.559. The predicted octanol–water partition coefficient (Wildman–Crippen LogP) is 2.03. The molecule has 6 nitrogen and oxygen atoms in total. The Bertz CT molecular complexity index is 734. The number of anilines is 1. The number of aryl methyl sites for hydroxylation is 1. The number of aliphatic hydroxyl groups is 1. The molecule has 0 unspecified atom stereocenters. The lowest BCUT2D eigenvalue weighted by molar-refractivity contribution is -0.136. The number of nitrogens with one attached hydrogen (secondary N) is 2. The molecule has 6 heteroatoms. The van der Waals surface area contributed by atoms with Crippen molar-refractivity contribution in [1.29, 1.82) is 0 Å². The van der Waals surface area contributed by atoms with Gasteiger partial charge < -0.3 is 20.3 Å². The molecule has 0 fully saturated rings. The van der Waals surface area contributed by atoms with E-state index in [9.17, 15) is 14.7 Å². The number of amides is 2. The first-order chi connectivity index (χ1) is 11.3. The molecule has 0 radical (unpaired) electrons. The van der Waals surface area contributed by atoms with E-state index in [0.717, 1.165) is 17.3 Å². The number of carbonyl (C=O) groups is 2. The molecule has 0 aliphatic carbocycles. The normalized spacial score (nSPS) is 11.5. The molecule has 2 amide bonds. The van der Waals surface area contributed by atoms with Crippen LogP contribution in [-0.4, -0.2) is 34.6 Å². The van der Waals surface area contributed by atoms with Gasteiger partial charge in [-0.25, -0.2) is 0 Å². The van der Waals surface area contributed by atoms with Crippen LogP contribution in [0.15, 0.2) is 30.5 Å². The van der Waals surface area contributed by atoms with Crippen LogP contribution in [0.1, 0.15) is 26.7 Å². The number of carbonyl (C=O) groups excluding carboxylic acids is 2. The van der Waals surface area contributed by atoms with Crippen LogP contribution in [0.2, 0.25) is 0 Å². The van der Waals surface area contributed by atoms with E-state index in [1.807, 2.05) is 49.9 Å². The summed E-state index contributed by atoms with van der Waals surface area (Å²) in [5.41, 5.74) is 1.41. The van der Waals surface area contributed by atoms with Gasteiger partial charge in [-0.05, 0) is 41.8 Å². The number of fused-ring (bicyclic) bond motifs is 1. The number of hydrogen-bond donors (Lipinski definition) is 3. The zero-order valence-electron chi connectivity index (χ0n) is 14.4. The minimum absolute atomic E-state index is 0.100. The fourth-order valence-electron chi connectivity index (χ4n) is 2.46. The van der Waals surface area contributed by atoms with E-state index in [1.54, 1.807) is 6.07 Å². The molecule has 2 aromatic rings. The first kappa shape index (κ1) is 18.0. The Labute approximate surface area is 141 Å². The molecule has 130 valence electrons. The van der Waals surface area contributed by atoms with Crippen molar-refractivity contribution in [3.05, 3.63) is 30.5 Å². The van der Waals surface area contributed by atoms with Crippen molar-refractivity contribution in [2.75, 3.05) is 18.5 Å². The second-order valence-electron chi connectivity index (χ2n) is 6.84. The lowest BCUT2D eigenvalue weighted by Crippen LogP contribution is -2.36. The minimum atomic E-state index is -0.676. The summed E-state index contributed by atoms with van der Waals surface area (Å²) in [5, 5.41) is 15.5. The van der Waals surface area contributed by atoms with Crippen LogP contribution in [0.3, 0.4) is 0 Å². The number of nitrogens with zero attached hydrogens (tertiary/aromatic N) is 1. The second kappa shape index (κ2) is 7.49. The molecule has 0 saturated heterocycles. The second-order valence-corrected chi connectivity index (χ2v) is 6.84. The highest BCUT2D eigenvalue weighted by atomic mass is 16.3. The Hall–Kier alpha value is -2.34. The van der Waals surface area contributed by atoms with Crippen LogP contribution in [-0.2, 0) is 16.6 Å². The van der Waals surface area contributed by atoms with Gasteiger partial charge in [0.25, 0.3) is 0 Å². The maximum atomic E-state index is 11.9. The lowest BCUT2D eigenvalue weighted by Gasteiger charge is -2.21. The van der Waals surface area contributed by atoms with Gasteiger partial charge in [0, 0.05) is 37.6 Å². The molecule has 2 rings (SSSR count). The Balaban J connectivity index is 1.84. The van der Waals surface area contributed by atoms with Crippen LogP contribution in [0.25, 0.3) is 10.9 Å². The van der Waals surface area contributed by atoms with Crippen molar-refractivity contribution in [3.63, 3.8) is 0 Å². The first-order valence-electron chi connectivity index (χ1n) is 8.07. The van der Waals surface area contributed by atoms with Gasteiger partial charge in [0.15, 0.2) is 0 Å². The van der Waals surface area contributed by atoms with Gasteiger partial charge in [-0.15, -0.1) is 0 Å². The number of benzene rings is 1.